The van der Waals surface area contributed by atoms with Crippen LogP contribution in [0.4, 0.5) is 0 Å². The zero-order chi connectivity index (χ0) is 18.5. The molecule has 0 atom stereocenters. The summed E-state index contributed by atoms with van der Waals surface area (Å²) >= 11 is 4.16. The third-order valence-corrected chi connectivity index (χ3v) is 3.33. The first-order valence-corrected chi connectivity index (χ1v) is 9.93. The van der Waals surface area contributed by atoms with Crippen LogP contribution in [-0.4, -0.2) is 48.0 Å². The van der Waals surface area contributed by atoms with Crippen LogP contribution in [0, 0.1) is 0 Å². The smallest absolute Gasteiger partial charge is 0.394 e. The minimum atomic E-state index is -4.67. The maximum Gasteiger partial charge on any atom is 0.394 e. The van der Waals surface area contributed by atoms with E-state index in [4.69, 9.17) is 22.3 Å². The van der Waals surface area contributed by atoms with Gasteiger partial charge in [0, 0.05) is 23.8 Å². The summed E-state index contributed by atoms with van der Waals surface area (Å²) in [7, 11) is -4.67. The predicted octanol–water partition coefficient (Wildman–Crippen LogP) is 2.65. The van der Waals surface area contributed by atoms with Crippen LogP contribution in [0.15, 0.2) is 36.4 Å². The molecule has 2 rings (SSSR count). The fourth-order valence-electron chi connectivity index (χ4n) is 2.04. The molecule has 0 saturated heterocycles. The molecule has 1 aromatic carbocycles. The van der Waals surface area contributed by atoms with Crippen molar-refractivity contribution in [3.8, 4) is 5.88 Å². The van der Waals surface area contributed by atoms with Crippen LogP contribution in [-0.2, 0) is 10.4 Å². The molecule has 3 N–H and O–H groups in total. The number of fused-ring (bicyclic) bond motifs is 1. The molecule has 0 bridgehead atoms. The van der Waals surface area contributed by atoms with Crippen LogP contribution in [0.5, 0.6) is 5.88 Å². The van der Waals surface area contributed by atoms with E-state index in [0.29, 0.717) is 0 Å². The van der Waals surface area contributed by atoms with Crippen molar-refractivity contribution in [1.29, 1.82) is 0 Å². The Morgan fingerprint density at radius 1 is 1.04 bits per heavy atom. The number of nitrogens with one attached hydrogen (secondary N) is 1. The summed E-state index contributed by atoms with van der Waals surface area (Å²) in [6.07, 6.45) is 3.42. The first-order chi connectivity index (χ1) is 11.9. The Balaban J connectivity index is 0.000000550. The monoisotopic (exact) mass is 388 g/mol. The Bertz CT molecular complexity index is 717. The maximum absolute atomic E-state index is 8.74. The largest absolute Gasteiger partial charge is 0.478 e. The van der Waals surface area contributed by atoms with Crippen molar-refractivity contribution in [2.24, 2.45) is 0 Å². The van der Waals surface area contributed by atoms with Crippen molar-refractivity contribution in [2.75, 3.05) is 25.4 Å². The quantitative estimate of drug-likeness (QED) is 0.297. The van der Waals surface area contributed by atoms with Crippen molar-refractivity contribution in [1.82, 2.24) is 10.3 Å². The van der Waals surface area contributed by atoms with Gasteiger partial charge in [0.05, 0.1) is 12.1 Å². The molecule has 1 heterocycles. The first kappa shape index (κ1) is 21.7. The minimum Gasteiger partial charge on any atom is -0.478 e. The Morgan fingerprint density at radius 3 is 2.48 bits per heavy atom. The van der Waals surface area contributed by atoms with Crippen molar-refractivity contribution < 1.29 is 22.3 Å². The zero-order valence-corrected chi connectivity index (χ0v) is 15.5. The molecule has 0 unspecified atom stereocenters. The number of para-hydroxylation sites is 1. The number of ether oxygens (including phenoxy) is 1. The molecule has 140 valence electrons. The molecule has 0 aliphatic heterocycles. The summed E-state index contributed by atoms with van der Waals surface area (Å²) in [6, 6.07) is 12.1. The third kappa shape index (κ3) is 11.7. The number of nitrogens with zero attached hydrogens (tertiary/aromatic N) is 1. The van der Waals surface area contributed by atoms with Crippen molar-refractivity contribution in [2.45, 2.75) is 19.3 Å². The first-order valence-electron chi connectivity index (χ1n) is 7.90. The lowest BCUT2D eigenvalue weighted by molar-refractivity contribution is 0.295. The molecular weight excluding hydrogens is 364 g/mol. The summed E-state index contributed by atoms with van der Waals surface area (Å²) in [6.45, 7) is 2.79. The fourth-order valence-corrected chi connectivity index (χ4v) is 2.20. The molecule has 1 aromatic heterocycles. The molecular formula is C16H24N2O5S2. The minimum absolute atomic E-state index is 0.719. The fraction of sp³-hybridized carbons (Fsp3) is 0.438. The van der Waals surface area contributed by atoms with Gasteiger partial charge in [-0.1, -0.05) is 18.2 Å². The van der Waals surface area contributed by atoms with Gasteiger partial charge in [-0.25, -0.2) is 4.98 Å². The van der Waals surface area contributed by atoms with Crippen LogP contribution in [0.3, 0.4) is 0 Å². The van der Waals surface area contributed by atoms with Gasteiger partial charge in [0.1, 0.15) is 0 Å². The highest BCUT2D eigenvalue weighted by atomic mass is 32.3. The van der Waals surface area contributed by atoms with Crippen molar-refractivity contribution in [3.63, 3.8) is 0 Å². The van der Waals surface area contributed by atoms with Gasteiger partial charge in [0.2, 0.25) is 5.88 Å². The summed E-state index contributed by atoms with van der Waals surface area (Å²) in [4.78, 5) is 4.49. The lowest BCUT2D eigenvalue weighted by Gasteiger charge is -2.06. The summed E-state index contributed by atoms with van der Waals surface area (Å²) in [5.74, 6) is 1.62. The van der Waals surface area contributed by atoms with Crippen LogP contribution in [0.2, 0.25) is 0 Å². The number of pyridine rings is 1. The second-order valence-corrected chi connectivity index (χ2v) is 6.52. The normalized spacial score (nSPS) is 11.0. The van der Waals surface area contributed by atoms with E-state index in [-0.39, 0.29) is 0 Å². The van der Waals surface area contributed by atoms with Crippen molar-refractivity contribution in [3.05, 3.63) is 36.4 Å². The zero-order valence-electron chi connectivity index (χ0n) is 13.8. The third-order valence-electron chi connectivity index (χ3n) is 3.11. The summed E-state index contributed by atoms with van der Waals surface area (Å²) in [5, 5.41) is 4.48. The van der Waals surface area contributed by atoms with E-state index in [2.05, 4.69) is 35.1 Å². The molecule has 0 radical (unpaired) electrons. The SMILES string of the molecule is O=S(=O)(O)O.SCCNCCCCCOc1ccc2ccccc2n1. The lowest BCUT2D eigenvalue weighted by atomic mass is 10.2. The van der Waals surface area contributed by atoms with E-state index < -0.39 is 10.4 Å². The number of rotatable bonds is 9. The predicted molar refractivity (Wildman–Crippen MR) is 102 cm³/mol. The average molecular weight is 389 g/mol. The van der Waals surface area contributed by atoms with E-state index in [0.717, 1.165) is 48.7 Å². The molecule has 9 heteroatoms. The maximum atomic E-state index is 8.74. The van der Waals surface area contributed by atoms with E-state index in [1.54, 1.807) is 0 Å². The lowest BCUT2D eigenvalue weighted by Crippen LogP contribution is -2.17. The molecule has 0 aliphatic rings. The van der Waals surface area contributed by atoms with Gasteiger partial charge in [-0.05, 0) is 37.9 Å². The van der Waals surface area contributed by atoms with E-state index in [9.17, 15) is 0 Å². The summed E-state index contributed by atoms with van der Waals surface area (Å²) < 4.78 is 37.3. The number of unbranched alkanes of at least 4 members (excludes halogenated alkanes) is 2. The Hall–Kier alpha value is -1.39. The highest BCUT2D eigenvalue weighted by molar-refractivity contribution is 7.80. The van der Waals surface area contributed by atoms with E-state index in [1.807, 2.05) is 24.3 Å². The summed E-state index contributed by atoms with van der Waals surface area (Å²) in [5.41, 5.74) is 0.987. The van der Waals surface area contributed by atoms with Gasteiger partial charge < -0.3 is 10.1 Å². The van der Waals surface area contributed by atoms with Gasteiger partial charge in [0.25, 0.3) is 0 Å². The Labute approximate surface area is 153 Å². The molecule has 2 aromatic rings. The molecule has 0 fully saturated rings. The second-order valence-electron chi connectivity index (χ2n) is 5.17. The molecule has 0 saturated carbocycles. The number of benzene rings is 1. The molecule has 25 heavy (non-hydrogen) atoms. The van der Waals surface area contributed by atoms with Gasteiger partial charge >= 0.3 is 10.4 Å². The highest BCUT2D eigenvalue weighted by Gasteiger charge is 1.98. The highest BCUT2D eigenvalue weighted by Crippen LogP contribution is 2.16. The van der Waals surface area contributed by atoms with Crippen molar-refractivity contribution >= 4 is 33.9 Å². The molecule has 0 spiro atoms. The van der Waals surface area contributed by atoms with Gasteiger partial charge in [0.15, 0.2) is 0 Å². The van der Waals surface area contributed by atoms with Gasteiger partial charge in [-0.3, -0.25) is 9.11 Å². The van der Waals surface area contributed by atoms with Crippen LogP contribution < -0.4 is 10.1 Å². The number of hydrogen-bond donors (Lipinski definition) is 4. The Kier molecular flexibility index (Phi) is 10.4. The Morgan fingerprint density at radius 2 is 1.76 bits per heavy atom. The average Bonchev–Trinajstić information content (AvgIpc) is 2.55. The van der Waals surface area contributed by atoms with Crippen LogP contribution in [0.25, 0.3) is 10.9 Å². The number of thiol groups is 1. The second kappa shape index (κ2) is 12.0. The molecule has 0 amide bonds. The number of aromatic nitrogens is 1. The van der Waals surface area contributed by atoms with E-state index >= 15 is 0 Å². The van der Waals surface area contributed by atoms with Crippen LogP contribution in [0.1, 0.15) is 19.3 Å². The van der Waals surface area contributed by atoms with Gasteiger partial charge in [-0.15, -0.1) is 0 Å². The van der Waals surface area contributed by atoms with E-state index in [1.165, 1.54) is 12.8 Å². The van der Waals surface area contributed by atoms with Gasteiger partial charge in [-0.2, -0.15) is 21.0 Å². The standard InChI is InChI=1S/C16H22N2OS.H2O4S/c20-13-11-17-10-4-1-5-12-19-16-9-8-14-6-2-3-7-15(14)18-16;1-5(2,3)4/h2-3,6-9,17,20H,1,4-5,10-13H2;(H2,1,2,3,4). The molecule has 7 nitrogen and oxygen atoms in total. The topological polar surface area (TPSA) is 109 Å². The number of hydrogen-bond acceptors (Lipinski definition) is 6. The molecule has 0 aliphatic carbocycles. The van der Waals surface area contributed by atoms with Crippen LogP contribution >= 0.6 is 12.6 Å².